The third-order valence-corrected chi connectivity index (χ3v) is 4.57. The van der Waals surface area contributed by atoms with E-state index in [-0.39, 0.29) is 18.7 Å². The number of halogens is 1. The molecular weight excluding hydrogens is 397 g/mol. The number of carbonyl (C=O) groups excluding carboxylic acids is 1. The van der Waals surface area contributed by atoms with Crippen molar-refractivity contribution in [2.75, 3.05) is 6.54 Å². The van der Waals surface area contributed by atoms with Gasteiger partial charge in [-0.15, -0.1) is 0 Å². The van der Waals surface area contributed by atoms with Gasteiger partial charge in [0.05, 0.1) is 18.0 Å². The molecule has 0 aliphatic rings. The normalized spacial score (nSPS) is 13.5. The Morgan fingerprint density at radius 1 is 1.29 bits per heavy atom. The number of unbranched alkanes of at least 4 members (excludes halogenated alkanes) is 1. The molecule has 8 heteroatoms. The number of aliphatic hydroxyl groups is 1. The second kappa shape index (κ2) is 11.8. The van der Waals surface area contributed by atoms with Crippen LogP contribution in [0.1, 0.15) is 54.9 Å². The van der Waals surface area contributed by atoms with Crippen LogP contribution in [0.4, 0.5) is 4.39 Å². The Morgan fingerprint density at radius 3 is 2.71 bits per heavy atom. The van der Waals surface area contributed by atoms with Crippen molar-refractivity contribution in [2.45, 2.75) is 45.6 Å². The molecule has 0 aliphatic carbocycles. The first-order chi connectivity index (χ1) is 14.8. The van der Waals surface area contributed by atoms with Crippen LogP contribution >= 0.6 is 0 Å². The summed E-state index contributed by atoms with van der Waals surface area (Å²) in [7, 11) is 0. The van der Waals surface area contributed by atoms with Gasteiger partial charge in [-0.25, -0.2) is 9.37 Å². The minimum absolute atomic E-state index is 0.119. The van der Waals surface area contributed by atoms with E-state index in [0.29, 0.717) is 29.1 Å². The van der Waals surface area contributed by atoms with Crippen LogP contribution in [0, 0.1) is 5.82 Å². The number of nitrogens with one attached hydrogen (secondary N) is 1. The molecule has 166 valence electrons. The van der Waals surface area contributed by atoms with Crippen LogP contribution in [-0.4, -0.2) is 33.6 Å². The van der Waals surface area contributed by atoms with Gasteiger partial charge in [0, 0.05) is 36.1 Å². The van der Waals surface area contributed by atoms with E-state index in [1.54, 1.807) is 37.4 Å². The van der Waals surface area contributed by atoms with Crippen LogP contribution in [0.3, 0.4) is 0 Å². The lowest BCUT2D eigenvalue weighted by atomic mass is 10.0. The Labute approximate surface area is 182 Å². The standard InChI is InChI=1S/C23H30FN5O2/c1-3-4-7-16(10-21(26)18-8-5-6-9-19(18)24)20(25)11-17-13-27-14-22(29-17)23(31)28-12-15(2)30/h5-6,8-10,13-15,30H,3-4,7,11-12,25-26H2,1-2H3,(H,28,31)/b20-16-,21-10-/t15-/m0/s1. The number of aromatic nitrogens is 2. The predicted molar refractivity (Wildman–Crippen MR) is 119 cm³/mol. The van der Waals surface area contributed by atoms with Gasteiger partial charge in [0.25, 0.3) is 5.91 Å². The maximum atomic E-state index is 14.1. The quantitative estimate of drug-likeness (QED) is 0.432. The van der Waals surface area contributed by atoms with E-state index >= 15 is 0 Å². The number of aliphatic hydroxyl groups excluding tert-OH is 1. The van der Waals surface area contributed by atoms with Gasteiger partial charge in [-0.3, -0.25) is 9.78 Å². The Kier molecular flexibility index (Phi) is 9.14. The van der Waals surface area contributed by atoms with Gasteiger partial charge < -0.3 is 21.9 Å². The Morgan fingerprint density at radius 2 is 2.03 bits per heavy atom. The molecule has 0 radical (unpaired) electrons. The summed E-state index contributed by atoms with van der Waals surface area (Å²) in [5, 5.41) is 11.9. The number of hydrogen-bond donors (Lipinski definition) is 4. The van der Waals surface area contributed by atoms with Crippen molar-refractivity contribution >= 4 is 11.6 Å². The molecule has 2 rings (SSSR count). The lowest BCUT2D eigenvalue weighted by Crippen LogP contribution is -2.31. The predicted octanol–water partition coefficient (Wildman–Crippen LogP) is 2.67. The maximum Gasteiger partial charge on any atom is 0.271 e. The molecule has 0 spiro atoms. The summed E-state index contributed by atoms with van der Waals surface area (Å²) < 4.78 is 14.1. The van der Waals surface area contributed by atoms with Crippen LogP contribution in [-0.2, 0) is 6.42 Å². The number of allylic oxidation sites excluding steroid dienone is 3. The number of nitrogens with two attached hydrogens (primary N) is 2. The molecule has 1 atom stereocenters. The fourth-order valence-electron chi connectivity index (χ4n) is 2.89. The van der Waals surface area contributed by atoms with E-state index in [2.05, 4.69) is 22.2 Å². The zero-order valence-electron chi connectivity index (χ0n) is 17.9. The first-order valence-corrected chi connectivity index (χ1v) is 10.3. The zero-order valence-corrected chi connectivity index (χ0v) is 17.9. The number of rotatable bonds is 10. The molecule has 0 saturated carbocycles. The van der Waals surface area contributed by atoms with E-state index in [0.717, 1.165) is 18.4 Å². The van der Waals surface area contributed by atoms with Gasteiger partial charge in [0.15, 0.2) is 0 Å². The molecule has 1 aromatic carbocycles. The van der Waals surface area contributed by atoms with Crippen molar-refractivity contribution in [3.8, 4) is 0 Å². The molecule has 1 amide bonds. The fraction of sp³-hybridized carbons (Fsp3) is 0.348. The zero-order chi connectivity index (χ0) is 22.8. The number of benzene rings is 1. The van der Waals surface area contributed by atoms with Crippen LogP contribution in [0.25, 0.3) is 5.70 Å². The van der Waals surface area contributed by atoms with Crippen LogP contribution in [0.15, 0.2) is 54.0 Å². The molecule has 2 aromatic rings. The average Bonchev–Trinajstić information content (AvgIpc) is 2.75. The van der Waals surface area contributed by atoms with Crippen molar-refractivity contribution in [1.29, 1.82) is 0 Å². The second-order valence-electron chi connectivity index (χ2n) is 7.37. The molecular formula is C23H30FN5O2. The number of hydrogen-bond acceptors (Lipinski definition) is 6. The van der Waals surface area contributed by atoms with Crippen LogP contribution in [0.5, 0.6) is 0 Å². The highest BCUT2D eigenvalue weighted by atomic mass is 19.1. The lowest BCUT2D eigenvalue weighted by molar-refractivity contribution is 0.0918. The van der Waals surface area contributed by atoms with E-state index < -0.39 is 17.8 Å². The summed E-state index contributed by atoms with van der Waals surface area (Å²) >= 11 is 0. The number of carbonyl (C=O) groups is 1. The monoisotopic (exact) mass is 427 g/mol. The van der Waals surface area contributed by atoms with Crippen LogP contribution in [0.2, 0.25) is 0 Å². The van der Waals surface area contributed by atoms with E-state index in [1.807, 2.05) is 0 Å². The average molecular weight is 428 g/mol. The Balaban J connectivity index is 2.27. The summed E-state index contributed by atoms with van der Waals surface area (Å²) in [5.41, 5.74) is 15.1. The highest BCUT2D eigenvalue weighted by molar-refractivity contribution is 5.91. The Hall–Kier alpha value is -3.26. The summed E-state index contributed by atoms with van der Waals surface area (Å²) in [6, 6.07) is 6.31. The molecule has 1 aromatic heterocycles. The van der Waals surface area contributed by atoms with Crippen molar-refractivity contribution in [2.24, 2.45) is 11.5 Å². The summed E-state index contributed by atoms with van der Waals surface area (Å²) in [4.78, 5) is 20.6. The lowest BCUT2D eigenvalue weighted by Gasteiger charge is -2.11. The molecule has 0 aliphatic heterocycles. The SMILES string of the molecule is CCCCC(/C=C(\N)c1ccccc1F)=C(/N)Cc1cncc(C(=O)NC[C@H](C)O)n1. The van der Waals surface area contributed by atoms with Crippen molar-refractivity contribution in [1.82, 2.24) is 15.3 Å². The molecule has 0 fully saturated rings. The highest BCUT2D eigenvalue weighted by Crippen LogP contribution is 2.20. The van der Waals surface area contributed by atoms with Gasteiger partial charge in [0.1, 0.15) is 11.5 Å². The molecule has 0 bridgehead atoms. The van der Waals surface area contributed by atoms with Crippen LogP contribution < -0.4 is 16.8 Å². The van der Waals surface area contributed by atoms with Crippen molar-refractivity contribution < 1.29 is 14.3 Å². The maximum absolute atomic E-state index is 14.1. The summed E-state index contributed by atoms with van der Waals surface area (Å²) in [6.07, 6.45) is 6.74. The highest BCUT2D eigenvalue weighted by Gasteiger charge is 2.12. The van der Waals surface area contributed by atoms with Gasteiger partial charge in [-0.05, 0) is 43.5 Å². The third-order valence-electron chi connectivity index (χ3n) is 4.57. The van der Waals surface area contributed by atoms with Crippen molar-refractivity contribution in [3.05, 3.63) is 76.8 Å². The molecule has 0 unspecified atom stereocenters. The Bertz CT molecular complexity index is 956. The minimum Gasteiger partial charge on any atom is -0.401 e. The summed E-state index contributed by atoms with van der Waals surface area (Å²) in [5.74, 6) is -0.820. The largest absolute Gasteiger partial charge is 0.401 e. The molecule has 1 heterocycles. The molecule has 6 N–H and O–H groups in total. The van der Waals surface area contributed by atoms with Gasteiger partial charge in [-0.1, -0.05) is 25.5 Å². The van der Waals surface area contributed by atoms with Gasteiger partial charge >= 0.3 is 0 Å². The molecule has 31 heavy (non-hydrogen) atoms. The molecule has 7 nitrogen and oxygen atoms in total. The topological polar surface area (TPSA) is 127 Å². The number of amides is 1. The van der Waals surface area contributed by atoms with E-state index in [4.69, 9.17) is 11.5 Å². The molecule has 0 saturated heterocycles. The smallest absolute Gasteiger partial charge is 0.271 e. The minimum atomic E-state index is -0.661. The van der Waals surface area contributed by atoms with Gasteiger partial charge in [-0.2, -0.15) is 0 Å². The van der Waals surface area contributed by atoms with E-state index in [9.17, 15) is 14.3 Å². The first kappa shape index (κ1) is 24.0. The van der Waals surface area contributed by atoms with Crippen molar-refractivity contribution in [3.63, 3.8) is 0 Å². The van der Waals surface area contributed by atoms with E-state index in [1.165, 1.54) is 12.3 Å². The second-order valence-corrected chi connectivity index (χ2v) is 7.37. The summed E-state index contributed by atoms with van der Waals surface area (Å²) in [6.45, 7) is 3.76. The van der Waals surface area contributed by atoms with Gasteiger partial charge in [0.2, 0.25) is 0 Å². The first-order valence-electron chi connectivity index (χ1n) is 10.3. The third kappa shape index (κ3) is 7.49. The fourth-order valence-corrected chi connectivity index (χ4v) is 2.89. The number of nitrogens with zero attached hydrogens (tertiary/aromatic N) is 2.